The minimum atomic E-state index is -0.329. The average molecular weight is 450 g/mol. The van der Waals surface area contributed by atoms with Crippen LogP contribution in [0.3, 0.4) is 0 Å². The van der Waals surface area contributed by atoms with Gasteiger partial charge in [0.05, 0.1) is 0 Å². The maximum absolute atomic E-state index is 12.4. The zero-order valence-corrected chi connectivity index (χ0v) is 19.4. The molecule has 0 bridgehead atoms. The number of fused-ring (bicyclic) bond motifs is 1. The van der Waals surface area contributed by atoms with E-state index in [9.17, 15) is 9.59 Å². The van der Waals surface area contributed by atoms with Gasteiger partial charge in [0.15, 0.2) is 0 Å². The first kappa shape index (κ1) is 21.2. The standard InChI is InChI=1S/C27H35N3O3/c1-17-22-10-9-21(13-20(22)16-30(17)24-11-12-26(31)28-27(24)32)33-25-4-2-3-23(25)29(14-18-5-6-18)15-19-7-8-19/h9-10,13,18-19,23-25H,1-8,11-12,14-16H2,(H,28,31,32). The highest BCUT2D eigenvalue weighted by atomic mass is 16.5. The third-order valence-electron chi connectivity index (χ3n) is 8.21. The van der Waals surface area contributed by atoms with Crippen LogP contribution in [-0.2, 0) is 16.1 Å². The summed E-state index contributed by atoms with van der Waals surface area (Å²) in [5, 5.41) is 2.47. The zero-order valence-electron chi connectivity index (χ0n) is 19.4. The Morgan fingerprint density at radius 2 is 1.79 bits per heavy atom. The molecule has 6 heteroatoms. The number of hydrogen-bond acceptors (Lipinski definition) is 5. The molecule has 1 aromatic rings. The molecule has 33 heavy (non-hydrogen) atoms. The molecular formula is C27H35N3O3. The van der Waals surface area contributed by atoms with E-state index in [1.54, 1.807) is 0 Å². The fourth-order valence-corrected chi connectivity index (χ4v) is 6.01. The molecule has 6 nitrogen and oxygen atoms in total. The van der Waals surface area contributed by atoms with Gasteiger partial charge in [-0.05, 0) is 87.0 Å². The van der Waals surface area contributed by atoms with Crippen LogP contribution in [0.5, 0.6) is 5.75 Å². The molecule has 3 aliphatic carbocycles. The molecule has 0 aromatic heterocycles. The van der Waals surface area contributed by atoms with Crippen molar-refractivity contribution in [2.45, 2.75) is 82.5 Å². The quantitative estimate of drug-likeness (QED) is 0.613. The molecule has 1 saturated heterocycles. The highest BCUT2D eigenvalue weighted by Gasteiger charge is 2.40. The molecular weight excluding hydrogens is 414 g/mol. The van der Waals surface area contributed by atoms with E-state index in [0.29, 0.717) is 25.4 Å². The Morgan fingerprint density at radius 3 is 2.48 bits per heavy atom. The number of carbonyl (C=O) groups is 2. The Bertz CT molecular complexity index is 953. The number of amides is 2. The van der Waals surface area contributed by atoms with Crippen molar-refractivity contribution in [1.29, 1.82) is 0 Å². The topological polar surface area (TPSA) is 61.9 Å². The molecule has 0 spiro atoms. The number of nitrogens with one attached hydrogen (secondary N) is 1. The van der Waals surface area contributed by atoms with Crippen molar-refractivity contribution in [2.75, 3.05) is 13.1 Å². The molecule has 6 rings (SSSR count). The Labute approximate surface area is 196 Å². The third-order valence-corrected chi connectivity index (χ3v) is 8.21. The second-order valence-corrected chi connectivity index (χ2v) is 10.9. The molecule has 2 amide bonds. The van der Waals surface area contributed by atoms with Crippen molar-refractivity contribution in [1.82, 2.24) is 15.1 Å². The van der Waals surface area contributed by atoms with Crippen LogP contribution in [-0.4, -0.2) is 52.9 Å². The van der Waals surface area contributed by atoms with Gasteiger partial charge in [-0.15, -0.1) is 0 Å². The minimum Gasteiger partial charge on any atom is -0.489 e. The molecule has 2 aliphatic heterocycles. The van der Waals surface area contributed by atoms with Crippen molar-refractivity contribution in [3.05, 3.63) is 35.9 Å². The summed E-state index contributed by atoms with van der Waals surface area (Å²) in [6, 6.07) is 6.52. The Morgan fingerprint density at radius 1 is 1.03 bits per heavy atom. The summed E-state index contributed by atoms with van der Waals surface area (Å²) in [5.74, 6) is 2.36. The van der Waals surface area contributed by atoms with Crippen LogP contribution in [0.1, 0.15) is 68.9 Å². The van der Waals surface area contributed by atoms with E-state index < -0.39 is 0 Å². The molecule has 3 atom stereocenters. The molecule has 3 unspecified atom stereocenters. The van der Waals surface area contributed by atoms with Crippen LogP contribution in [0.15, 0.2) is 24.8 Å². The average Bonchev–Trinajstić information content (AvgIpc) is 3.71. The summed E-state index contributed by atoms with van der Waals surface area (Å²) in [4.78, 5) is 28.8. The Kier molecular flexibility index (Phi) is 5.44. The number of hydrogen-bond donors (Lipinski definition) is 1. The molecule has 5 aliphatic rings. The lowest BCUT2D eigenvalue weighted by Crippen LogP contribution is -2.50. The van der Waals surface area contributed by atoms with Gasteiger partial charge in [-0.2, -0.15) is 0 Å². The number of imide groups is 1. The van der Waals surface area contributed by atoms with Gasteiger partial charge in [0.25, 0.3) is 0 Å². The normalized spacial score (nSPS) is 29.5. The molecule has 4 fully saturated rings. The van der Waals surface area contributed by atoms with Crippen molar-refractivity contribution in [2.24, 2.45) is 11.8 Å². The zero-order chi connectivity index (χ0) is 22.5. The Hall–Kier alpha value is -2.34. The Balaban J connectivity index is 1.14. The molecule has 2 heterocycles. The van der Waals surface area contributed by atoms with E-state index in [-0.39, 0.29) is 24.0 Å². The van der Waals surface area contributed by atoms with Crippen LogP contribution in [0.2, 0.25) is 0 Å². The van der Waals surface area contributed by atoms with E-state index in [0.717, 1.165) is 40.8 Å². The number of benzene rings is 1. The first-order valence-electron chi connectivity index (χ1n) is 12.9. The van der Waals surface area contributed by atoms with Crippen molar-refractivity contribution < 1.29 is 14.3 Å². The van der Waals surface area contributed by atoms with Gasteiger partial charge in [-0.25, -0.2) is 0 Å². The number of piperidine rings is 1. The van der Waals surface area contributed by atoms with Crippen molar-refractivity contribution in [3.63, 3.8) is 0 Å². The van der Waals surface area contributed by atoms with Gasteiger partial charge in [0, 0.05) is 43.4 Å². The van der Waals surface area contributed by atoms with Crippen LogP contribution in [0, 0.1) is 11.8 Å². The van der Waals surface area contributed by atoms with Gasteiger partial charge < -0.3 is 9.64 Å². The summed E-state index contributed by atoms with van der Waals surface area (Å²) >= 11 is 0. The van der Waals surface area contributed by atoms with Crippen LogP contribution in [0.4, 0.5) is 0 Å². The smallest absolute Gasteiger partial charge is 0.249 e. The van der Waals surface area contributed by atoms with E-state index in [2.05, 4.69) is 35.0 Å². The van der Waals surface area contributed by atoms with Gasteiger partial charge in [0.2, 0.25) is 11.8 Å². The highest BCUT2D eigenvalue weighted by Crippen LogP contribution is 2.40. The minimum absolute atomic E-state index is 0.183. The first-order chi connectivity index (χ1) is 16.0. The van der Waals surface area contributed by atoms with E-state index in [1.807, 2.05) is 4.90 Å². The predicted molar refractivity (Wildman–Crippen MR) is 126 cm³/mol. The van der Waals surface area contributed by atoms with E-state index >= 15 is 0 Å². The second-order valence-electron chi connectivity index (χ2n) is 10.9. The molecule has 176 valence electrons. The summed E-state index contributed by atoms with van der Waals surface area (Å²) in [6.07, 6.45) is 10.4. The third kappa shape index (κ3) is 4.42. The predicted octanol–water partition coefficient (Wildman–Crippen LogP) is 3.70. The molecule has 1 aromatic carbocycles. The summed E-state index contributed by atoms with van der Waals surface area (Å²) in [7, 11) is 0. The van der Waals surface area contributed by atoms with Gasteiger partial charge in [-0.1, -0.05) is 6.58 Å². The SMILES string of the molecule is C=C1c2ccc(OC3CCCC3N(CC3CC3)CC3CC3)cc2CN1C1CCC(=O)NC1=O. The number of nitrogens with zero attached hydrogens (tertiary/aromatic N) is 2. The number of ether oxygens (including phenoxy) is 1. The van der Waals surface area contributed by atoms with Gasteiger partial charge >= 0.3 is 0 Å². The lowest BCUT2D eigenvalue weighted by molar-refractivity contribution is -0.136. The molecule has 3 saturated carbocycles. The van der Waals surface area contributed by atoms with Crippen molar-refractivity contribution >= 4 is 17.5 Å². The van der Waals surface area contributed by atoms with Crippen molar-refractivity contribution in [3.8, 4) is 5.75 Å². The summed E-state index contributed by atoms with van der Waals surface area (Å²) < 4.78 is 6.64. The van der Waals surface area contributed by atoms with Gasteiger partial charge in [0.1, 0.15) is 17.9 Å². The maximum atomic E-state index is 12.4. The number of carbonyl (C=O) groups excluding carboxylic acids is 2. The van der Waals surface area contributed by atoms with E-state index in [1.165, 1.54) is 51.6 Å². The lowest BCUT2D eigenvalue weighted by Gasteiger charge is -2.33. The lowest BCUT2D eigenvalue weighted by atomic mass is 10.0. The number of rotatable bonds is 8. The van der Waals surface area contributed by atoms with Crippen LogP contribution in [0.25, 0.3) is 5.70 Å². The summed E-state index contributed by atoms with van der Waals surface area (Å²) in [6.45, 7) is 7.41. The van der Waals surface area contributed by atoms with Crippen LogP contribution >= 0.6 is 0 Å². The second kappa shape index (κ2) is 8.46. The fraction of sp³-hybridized carbons (Fsp3) is 0.630. The monoisotopic (exact) mass is 449 g/mol. The molecule has 0 radical (unpaired) electrons. The summed E-state index contributed by atoms with van der Waals surface area (Å²) in [5.41, 5.74) is 3.11. The first-order valence-corrected chi connectivity index (χ1v) is 12.9. The fourth-order valence-electron chi connectivity index (χ4n) is 6.01. The van der Waals surface area contributed by atoms with Gasteiger partial charge in [-0.3, -0.25) is 19.8 Å². The highest BCUT2D eigenvalue weighted by molar-refractivity contribution is 6.01. The maximum Gasteiger partial charge on any atom is 0.249 e. The van der Waals surface area contributed by atoms with E-state index in [4.69, 9.17) is 4.74 Å². The largest absolute Gasteiger partial charge is 0.489 e. The molecule has 1 N–H and O–H groups in total. The van der Waals surface area contributed by atoms with Crippen LogP contribution < -0.4 is 10.1 Å².